The van der Waals surface area contributed by atoms with E-state index in [2.05, 4.69) is 4.98 Å². The largest absolute Gasteiger partial charge is 0.292 e. The van der Waals surface area contributed by atoms with Gasteiger partial charge in [-0.1, -0.05) is 0 Å². The molecule has 1 heterocycles. The smallest absolute Gasteiger partial charge is 0.269 e. The van der Waals surface area contributed by atoms with Gasteiger partial charge in [-0.2, -0.15) is 0 Å². The molecule has 0 saturated heterocycles. The monoisotopic (exact) mass is 274 g/mol. The number of thiazole rings is 1. The second-order valence-electron chi connectivity index (χ2n) is 4.37. The molecule has 19 heavy (non-hydrogen) atoms. The van der Waals surface area contributed by atoms with Gasteiger partial charge in [-0.15, -0.1) is 11.3 Å². The van der Waals surface area contributed by atoms with Crippen LogP contribution in [0.3, 0.4) is 0 Å². The first-order valence-electron chi connectivity index (χ1n) is 5.93. The molecule has 0 N–H and O–H groups in total. The van der Waals surface area contributed by atoms with Crippen LogP contribution in [0.25, 0.3) is 10.6 Å². The van der Waals surface area contributed by atoms with E-state index >= 15 is 0 Å². The molecule has 0 atom stereocenters. The second kappa shape index (κ2) is 4.55. The predicted molar refractivity (Wildman–Crippen MR) is 71.5 cm³/mol. The minimum Gasteiger partial charge on any atom is -0.292 e. The Hall–Kier alpha value is -2.08. The molecule has 1 aliphatic carbocycles. The van der Waals surface area contributed by atoms with Crippen LogP contribution in [0.5, 0.6) is 0 Å². The van der Waals surface area contributed by atoms with Gasteiger partial charge in [0.15, 0.2) is 5.78 Å². The molecular formula is C13H10N2O3S. The molecule has 0 saturated carbocycles. The van der Waals surface area contributed by atoms with Crippen LogP contribution in [0.15, 0.2) is 24.3 Å². The van der Waals surface area contributed by atoms with Gasteiger partial charge in [0.2, 0.25) is 0 Å². The molecule has 1 aromatic carbocycles. The number of carbonyl (C=O) groups is 1. The molecule has 0 amide bonds. The minimum absolute atomic E-state index is 0.0566. The Morgan fingerprint density at radius 3 is 2.58 bits per heavy atom. The van der Waals surface area contributed by atoms with Crippen molar-refractivity contribution in [3.8, 4) is 10.6 Å². The van der Waals surface area contributed by atoms with Gasteiger partial charge >= 0.3 is 0 Å². The van der Waals surface area contributed by atoms with Crippen LogP contribution in [-0.2, 0) is 6.42 Å². The summed E-state index contributed by atoms with van der Waals surface area (Å²) >= 11 is 1.50. The number of nitro groups is 1. The summed E-state index contributed by atoms with van der Waals surface area (Å²) in [6.45, 7) is 0. The lowest BCUT2D eigenvalue weighted by Gasteiger charge is -2.06. The molecule has 3 rings (SSSR count). The van der Waals surface area contributed by atoms with Crippen molar-refractivity contribution in [1.82, 2.24) is 4.98 Å². The number of ketones is 1. The van der Waals surface area contributed by atoms with Crippen LogP contribution in [0.1, 0.15) is 28.2 Å². The van der Waals surface area contributed by atoms with Crippen molar-refractivity contribution in [2.24, 2.45) is 0 Å². The number of carbonyl (C=O) groups excluding carboxylic acids is 1. The SMILES string of the molecule is O=C1CCCc2sc(-c3ccc([N+](=O)[O-])cc3)nc21. The third-order valence-electron chi connectivity index (χ3n) is 3.09. The minimum atomic E-state index is -0.430. The molecule has 5 nitrogen and oxygen atoms in total. The van der Waals surface area contributed by atoms with Crippen molar-refractivity contribution in [1.29, 1.82) is 0 Å². The summed E-state index contributed by atoms with van der Waals surface area (Å²) in [6.07, 6.45) is 2.34. The highest BCUT2D eigenvalue weighted by atomic mass is 32.1. The van der Waals surface area contributed by atoms with Gasteiger partial charge in [0, 0.05) is 29.0 Å². The summed E-state index contributed by atoms with van der Waals surface area (Å²) < 4.78 is 0. The van der Waals surface area contributed by atoms with E-state index in [1.54, 1.807) is 12.1 Å². The number of hydrogen-bond acceptors (Lipinski definition) is 5. The van der Waals surface area contributed by atoms with E-state index in [0.29, 0.717) is 12.1 Å². The molecule has 0 radical (unpaired) electrons. The Labute approximate surface area is 113 Å². The second-order valence-corrected chi connectivity index (χ2v) is 5.46. The molecule has 6 heteroatoms. The number of Topliss-reactive ketones (excluding diaryl/α,β-unsaturated/α-hetero) is 1. The summed E-state index contributed by atoms with van der Waals surface area (Å²) in [5.41, 5.74) is 1.46. The zero-order valence-electron chi connectivity index (χ0n) is 9.96. The first-order chi connectivity index (χ1) is 9.15. The maximum atomic E-state index is 11.7. The predicted octanol–water partition coefficient (Wildman–Crippen LogP) is 3.24. The molecule has 2 aromatic rings. The molecule has 1 aromatic heterocycles. The van der Waals surface area contributed by atoms with Gasteiger partial charge in [-0.05, 0) is 25.0 Å². The van der Waals surface area contributed by atoms with Gasteiger partial charge < -0.3 is 0 Å². The van der Waals surface area contributed by atoms with Crippen LogP contribution in [-0.4, -0.2) is 15.7 Å². The summed E-state index contributed by atoms with van der Waals surface area (Å²) in [5.74, 6) is 0.102. The molecular weight excluding hydrogens is 264 g/mol. The fourth-order valence-corrected chi connectivity index (χ4v) is 3.24. The Morgan fingerprint density at radius 1 is 1.21 bits per heavy atom. The van der Waals surface area contributed by atoms with Gasteiger partial charge in [-0.3, -0.25) is 14.9 Å². The zero-order valence-corrected chi connectivity index (χ0v) is 10.8. The Balaban J connectivity index is 1.98. The normalized spacial score (nSPS) is 14.2. The summed E-state index contributed by atoms with van der Waals surface area (Å²) in [4.78, 5) is 27.3. The van der Waals surface area contributed by atoms with E-state index in [-0.39, 0.29) is 11.5 Å². The summed E-state index contributed by atoms with van der Waals surface area (Å²) in [7, 11) is 0. The van der Waals surface area contributed by atoms with E-state index < -0.39 is 4.92 Å². The lowest BCUT2D eigenvalue weighted by atomic mass is 10.0. The number of fused-ring (bicyclic) bond motifs is 1. The summed E-state index contributed by atoms with van der Waals surface area (Å²) in [5, 5.41) is 11.4. The lowest BCUT2D eigenvalue weighted by Crippen LogP contribution is -2.08. The third kappa shape index (κ3) is 2.15. The maximum Gasteiger partial charge on any atom is 0.269 e. The maximum absolute atomic E-state index is 11.7. The number of nitro benzene ring substituents is 1. The van der Waals surface area contributed by atoms with Gasteiger partial charge in [0.1, 0.15) is 10.7 Å². The highest BCUT2D eigenvalue weighted by Crippen LogP contribution is 2.33. The molecule has 1 aliphatic rings. The van der Waals surface area contributed by atoms with Crippen molar-refractivity contribution >= 4 is 22.8 Å². The molecule has 0 aliphatic heterocycles. The van der Waals surface area contributed by atoms with Crippen molar-refractivity contribution in [2.75, 3.05) is 0 Å². The van der Waals surface area contributed by atoms with E-state index in [0.717, 1.165) is 28.3 Å². The Morgan fingerprint density at radius 2 is 1.95 bits per heavy atom. The van der Waals surface area contributed by atoms with Crippen LogP contribution < -0.4 is 0 Å². The van der Waals surface area contributed by atoms with E-state index in [1.165, 1.54) is 23.5 Å². The molecule has 96 valence electrons. The fraction of sp³-hybridized carbons (Fsp3) is 0.231. The standard InChI is InChI=1S/C13H10N2O3S/c16-10-2-1-3-11-12(10)14-13(19-11)8-4-6-9(7-5-8)15(17)18/h4-7H,1-3H2. The number of aryl methyl sites for hydroxylation is 1. The van der Waals surface area contributed by atoms with Crippen LogP contribution in [0.4, 0.5) is 5.69 Å². The number of rotatable bonds is 2. The van der Waals surface area contributed by atoms with Crippen LogP contribution in [0.2, 0.25) is 0 Å². The Bertz CT molecular complexity index is 661. The van der Waals surface area contributed by atoms with Crippen LogP contribution in [0, 0.1) is 10.1 Å². The third-order valence-corrected chi connectivity index (χ3v) is 4.26. The van der Waals surface area contributed by atoms with E-state index in [9.17, 15) is 14.9 Å². The van der Waals surface area contributed by atoms with Gasteiger partial charge in [0.05, 0.1) is 4.92 Å². The number of non-ortho nitro benzene ring substituents is 1. The molecule has 0 bridgehead atoms. The molecule has 0 fully saturated rings. The number of nitrogens with zero attached hydrogens (tertiary/aromatic N) is 2. The van der Waals surface area contributed by atoms with Gasteiger partial charge in [0.25, 0.3) is 5.69 Å². The van der Waals surface area contributed by atoms with E-state index in [1.807, 2.05) is 0 Å². The first kappa shape index (κ1) is 12.0. The van der Waals surface area contributed by atoms with Crippen molar-refractivity contribution in [3.63, 3.8) is 0 Å². The van der Waals surface area contributed by atoms with Crippen molar-refractivity contribution < 1.29 is 9.72 Å². The highest BCUT2D eigenvalue weighted by Gasteiger charge is 2.22. The van der Waals surface area contributed by atoms with E-state index in [4.69, 9.17) is 0 Å². The first-order valence-corrected chi connectivity index (χ1v) is 6.74. The van der Waals surface area contributed by atoms with Crippen LogP contribution >= 0.6 is 11.3 Å². The van der Waals surface area contributed by atoms with Crippen molar-refractivity contribution in [2.45, 2.75) is 19.3 Å². The summed E-state index contributed by atoms with van der Waals surface area (Å²) in [6, 6.07) is 6.26. The molecule has 0 unspecified atom stereocenters. The number of aromatic nitrogens is 1. The van der Waals surface area contributed by atoms with Crippen molar-refractivity contribution in [3.05, 3.63) is 45.0 Å². The quantitative estimate of drug-likeness (QED) is 0.622. The average molecular weight is 274 g/mol. The lowest BCUT2D eigenvalue weighted by molar-refractivity contribution is -0.384. The number of benzene rings is 1. The Kier molecular flexibility index (Phi) is 2.87. The topological polar surface area (TPSA) is 73.1 Å². The average Bonchev–Trinajstić information content (AvgIpc) is 2.84. The van der Waals surface area contributed by atoms with Gasteiger partial charge in [-0.25, -0.2) is 4.98 Å². The molecule has 0 spiro atoms. The number of hydrogen-bond donors (Lipinski definition) is 0. The fourth-order valence-electron chi connectivity index (χ4n) is 2.12. The highest BCUT2D eigenvalue weighted by molar-refractivity contribution is 7.15. The zero-order chi connectivity index (χ0) is 13.4.